The Bertz CT molecular complexity index is 438. The number of likely N-dealkylation sites (N-methyl/N-ethyl adjacent to an activating group) is 1. The Morgan fingerprint density at radius 2 is 2.42 bits per heavy atom. The van der Waals surface area contributed by atoms with Gasteiger partial charge in [-0.1, -0.05) is 12.1 Å². The molecule has 104 valence electrons. The van der Waals surface area contributed by atoms with Crippen LogP contribution in [0.1, 0.15) is 5.56 Å². The molecule has 1 aliphatic heterocycles. The van der Waals surface area contributed by atoms with Gasteiger partial charge < -0.3 is 10.6 Å². The van der Waals surface area contributed by atoms with Gasteiger partial charge in [-0.3, -0.25) is 9.69 Å². The van der Waals surface area contributed by atoms with Gasteiger partial charge in [0.1, 0.15) is 5.82 Å². The van der Waals surface area contributed by atoms with Crippen LogP contribution in [0.3, 0.4) is 0 Å². The zero-order chi connectivity index (χ0) is 13.7. The van der Waals surface area contributed by atoms with E-state index in [1.165, 1.54) is 12.1 Å². The van der Waals surface area contributed by atoms with Crippen molar-refractivity contribution >= 4 is 5.91 Å². The van der Waals surface area contributed by atoms with Crippen molar-refractivity contribution in [1.82, 2.24) is 15.5 Å². The fraction of sp³-hybridized carbons (Fsp3) is 0.500. The van der Waals surface area contributed by atoms with Gasteiger partial charge in [0.15, 0.2) is 0 Å². The summed E-state index contributed by atoms with van der Waals surface area (Å²) in [5, 5.41) is 6.21. The van der Waals surface area contributed by atoms with Gasteiger partial charge in [-0.15, -0.1) is 0 Å². The van der Waals surface area contributed by atoms with Gasteiger partial charge in [-0.25, -0.2) is 4.39 Å². The smallest absolute Gasteiger partial charge is 0.224 e. The number of benzene rings is 1. The highest BCUT2D eigenvalue weighted by molar-refractivity contribution is 5.78. The van der Waals surface area contributed by atoms with Crippen LogP contribution in [0.25, 0.3) is 0 Å². The number of hydrogen-bond donors (Lipinski definition) is 2. The van der Waals surface area contributed by atoms with E-state index < -0.39 is 0 Å². The molecular formula is C14H20FN3O. The summed E-state index contributed by atoms with van der Waals surface area (Å²) in [5.41, 5.74) is 0.702. The number of hydrogen-bond acceptors (Lipinski definition) is 3. The summed E-state index contributed by atoms with van der Waals surface area (Å²) in [7, 11) is 2.06. The Balaban J connectivity index is 1.78. The van der Waals surface area contributed by atoms with E-state index in [9.17, 15) is 9.18 Å². The summed E-state index contributed by atoms with van der Waals surface area (Å²) < 4.78 is 13.0. The second kappa shape index (κ2) is 6.63. The molecule has 1 aliphatic rings. The molecule has 1 heterocycles. The van der Waals surface area contributed by atoms with Crippen LogP contribution in [0.4, 0.5) is 4.39 Å². The highest BCUT2D eigenvalue weighted by atomic mass is 19.1. The van der Waals surface area contributed by atoms with Crippen LogP contribution in [0.2, 0.25) is 0 Å². The molecule has 0 saturated carbocycles. The number of halogens is 1. The Hall–Kier alpha value is -1.46. The van der Waals surface area contributed by atoms with Crippen molar-refractivity contribution in [3.05, 3.63) is 35.6 Å². The molecule has 0 aromatic heterocycles. The van der Waals surface area contributed by atoms with E-state index in [1.54, 1.807) is 12.1 Å². The largest absolute Gasteiger partial charge is 0.354 e. The van der Waals surface area contributed by atoms with Crippen molar-refractivity contribution in [2.45, 2.75) is 12.5 Å². The van der Waals surface area contributed by atoms with Gasteiger partial charge in [0.25, 0.3) is 0 Å². The molecule has 1 aromatic carbocycles. The average molecular weight is 265 g/mol. The summed E-state index contributed by atoms with van der Waals surface area (Å²) >= 11 is 0. The van der Waals surface area contributed by atoms with Crippen LogP contribution in [0.5, 0.6) is 0 Å². The van der Waals surface area contributed by atoms with Gasteiger partial charge in [-0.2, -0.15) is 0 Å². The van der Waals surface area contributed by atoms with Crippen molar-refractivity contribution in [2.75, 3.05) is 33.2 Å². The van der Waals surface area contributed by atoms with E-state index in [0.29, 0.717) is 18.2 Å². The number of nitrogens with zero attached hydrogens (tertiary/aromatic N) is 1. The number of carbonyl (C=O) groups excluding carboxylic acids is 1. The van der Waals surface area contributed by atoms with Crippen LogP contribution in [0, 0.1) is 5.82 Å². The number of nitrogens with one attached hydrogen (secondary N) is 2. The van der Waals surface area contributed by atoms with Crippen LogP contribution >= 0.6 is 0 Å². The highest BCUT2D eigenvalue weighted by Gasteiger charge is 2.18. The first-order chi connectivity index (χ1) is 9.15. The minimum absolute atomic E-state index is 0.0652. The molecule has 4 nitrogen and oxygen atoms in total. The summed E-state index contributed by atoms with van der Waals surface area (Å²) in [5.74, 6) is -0.369. The summed E-state index contributed by atoms with van der Waals surface area (Å²) in [4.78, 5) is 14.0. The molecule has 1 atom stereocenters. The van der Waals surface area contributed by atoms with E-state index in [2.05, 4.69) is 22.6 Å². The molecule has 0 radical (unpaired) electrons. The Labute approximate surface area is 113 Å². The minimum Gasteiger partial charge on any atom is -0.354 e. The Kier molecular flexibility index (Phi) is 4.87. The summed E-state index contributed by atoms with van der Waals surface area (Å²) in [6, 6.07) is 6.48. The van der Waals surface area contributed by atoms with E-state index in [4.69, 9.17) is 0 Å². The first-order valence-electron chi connectivity index (χ1n) is 6.57. The topological polar surface area (TPSA) is 44.4 Å². The van der Waals surface area contributed by atoms with Crippen LogP contribution in [-0.2, 0) is 11.2 Å². The quantitative estimate of drug-likeness (QED) is 0.827. The zero-order valence-electron chi connectivity index (χ0n) is 11.2. The molecule has 2 rings (SSSR count). The molecule has 1 amide bonds. The maximum atomic E-state index is 13.0. The molecule has 2 N–H and O–H groups in total. The molecule has 1 fully saturated rings. The molecular weight excluding hydrogens is 245 g/mol. The number of rotatable bonds is 4. The Morgan fingerprint density at radius 1 is 1.58 bits per heavy atom. The monoisotopic (exact) mass is 265 g/mol. The normalized spacial score (nSPS) is 20.2. The fourth-order valence-corrected chi connectivity index (χ4v) is 2.22. The maximum absolute atomic E-state index is 13.0. The summed E-state index contributed by atoms with van der Waals surface area (Å²) in [6.45, 7) is 3.49. The van der Waals surface area contributed by atoms with Crippen molar-refractivity contribution in [1.29, 1.82) is 0 Å². The number of amides is 1. The van der Waals surface area contributed by atoms with Gasteiger partial charge in [-0.05, 0) is 24.7 Å². The molecule has 0 aliphatic carbocycles. The first kappa shape index (κ1) is 14.0. The third kappa shape index (κ3) is 4.29. The molecule has 1 aromatic rings. The average Bonchev–Trinajstić information content (AvgIpc) is 2.38. The van der Waals surface area contributed by atoms with Crippen molar-refractivity contribution in [3.8, 4) is 0 Å². The van der Waals surface area contributed by atoms with Crippen molar-refractivity contribution in [2.24, 2.45) is 0 Å². The van der Waals surface area contributed by atoms with E-state index in [-0.39, 0.29) is 18.1 Å². The molecule has 1 saturated heterocycles. The predicted octanol–water partition coefficient (Wildman–Crippen LogP) is 0.388. The van der Waals surface area contributed by atoms with Crippen molar-refractivity contribution < 1.29 is 9.18 Å². The van der Waals surface area contributed by atoms with E-state index in [1.807, 2.05) is 0 Å². The van der Waals surface area contributed by atoms with Gasteiger partial charge >= 0.3 is 0 Å². The second-order valence-corrected chi connectivity index (χ2v) is 4.95. The molecule has 1 unspecified atom stereocenters. The Morgan fingerprint density at radius 3 is 3.16 bits per heavy atom. The molecule has 19 heavy (non-hydrogen) atoms. The van der Waals surface area contributed by atoms with E-state index >= 15 is 0 Å². The molecule has 0 bridgehead atoms. The van der Waals surface area contributed by atoms with Crippen molar-refractivity contribution in [3.63, 3.8) is 0 Å². The van der Waals surface area contributed by atoms with E-state index in [0.717, 1.165) is 19.6 Å². The lowest BCUT2D eigenvalue weighted by Gasteiger charge is -2.33. The maximum Gasteiger partial charge on any atom is 0.224 e. The lowest BCUT2D eigenvalue weighted by Crippen LogP contribution is -2.54. The summed E-state index contributed by atoms with van der Waals surface area (Å²) in [6.07, 6.45) is 0.224. The number of piperazine rings is 1. The predicted molar refractivity (Wildman–Crippen MR) is 72.4 cm³/mol. The lowest BCUT2D eigenvalue weighted by atomic mass is 10.1. The standard InChI is InChI=1S/C14H20FN3O/c1-18-6-5-16-9-13(18)10-17-14(19)8-11-3-2-4-12(15)7-11/h2-4,7,13,16H,5-6,8-10H2,1H3,(H,17,19). The third-order valence-corrected chi connectivity index (χ3v) is 3.43. The SMILES string of the molecule is CN1CCNCC1CNC(=O)Cc1cccc(F)c1. The van der Waals surface area contributed by atoms with Crippen LogP contribution < -0.4 is 10.6 Å². The minimum atomic E-state index is -0.304. The van der Waals surface area contributed by atoms with Gasteiger partial charge in [0, 0.05) is 32.2 Å². The fourth-order valence-electron chi connectivity index (χ4n) is 2.22. The first-order valence-corrected chi connectivity index (χ1v) is 6.57. The van der Waals surface area contributed by atoms with Crippen LogP contribution in [0.15, 0.2) is 24.3 Å². The number of carbonyl (C=O) groups is 1. The molecule has 5 heteroatoms. The second-order valence-electron chi connectivity index (χ2n) is 4.95. The third-order valence-electron chi connectivity index (χ3n) is 3.43. The zero-order valence-corrected chi connectivity index (χ0v) is 11.2. The van der Waals surface area contributed by atoms with Gasteiger partial charge in [0.2, 0.25) is 5.91 Å². The highest BCUT2D eigenvalue weighted by Crippen LogP contribution is 2.04. The molecule has 0 spiro atoms. The van der Waals surface area contributed by atoms with Crippen LogP contribution in [-0.4, -0.2) is 50.1 Å². The van der Waals surface area contributed by atoms with Gasteiger partial charge in [0.05, 0.1) is 6.42 Å². The lowest BCUT2D eigenvalue weighted by molar-refractivity contribution is -0.120.